The summed E-state index contributed by atoms with van der Waals surface area (Å²) in [5, 5.41) is 3.14. The number of ether oxygens (including phenoxy) is 2. The van der Waals surface area contributed by atoms with Crippen molar-refractivity contribution >= 4 is 11.8 Å². The van der Waals surface area contributed by atoms with Crippen LogP contribution in [0.5, 0.6) is 0 Å². The van der Waals surface area contributed by atoms with Gasteiger partial charge in [0.15, 0.2) is 0 Å². The Bertz CT molecular complexity index is 497. The monoisotopic (exact) mass is 322 g/mol. The molecule has 0 fully saturated rings. The number of hydrogen-bond donors (Lipinski definition) is 1. The van der Waals surface area contributed by atoms with Gasteiger partial charge in [-0.2, -0.15) is 0 Å². The van der Waals surface area contributed by atoms with Crippen LogP contribution in [-0.4, -0.2) is 43.9 Å². The van der Waals surface area contributed by atoms with Crippen LogP contribution >= 0.6 is 0 Å². The Morgan fingerprint density at radius 1 is 1.35 bits per heavy atom. The van der Waals surface area contributed by atoms with Gasteiger partial charge < -0.3 is 14.8 Å². The van der Waals surface area contributed by atoms with Crippen LogP contribution in [0, 0.1) is 0 Å². The first-order valence-electron chi connectivity index (χ1n) is 8.08. The molecule has 1 aromatic rings. The van der Waals surface area contributed by atoms with Crippen molar-refractivity contribution in [2.45, 2.75) is 45.8 Å². The lowest BCUT2D eigenvalue weighted by Gasteiger charge is -2.33. The van der Waals surface area contributed by atoms with E-state index in [1.54, 1.807) is 12.0 Å². The molecule has 5 heteroatoms. The van der Waals surface area contributed by atoms with E-state index < -0.39 is 5.60 Å². The number of methoxy groups -OCH3 is 1. The number of nitrogens with one attached hydrogen (secondary N) is 1. The molecule has 23 heavy (non-hydrogen) atoms. The molecular formula is C18H30N2O3. The lowest BCUT2D eigenvalue weighted by atomic mass is 10.0. The molecule has 0 saturated carbocycles. The van der Waals surface area contributed by atoms with E-state index in [4.69, 9.17) is 9.47 Å². The van der Waals surface area contributed by atoms with Gasteiger partial charge in [0.05, 0.1) is 12.6 Å². The summed E-state index contributed by atoms with van der Waals surface area (Å²) < 4.78 is 10.7. The van der Waals surface area contributed by atoms with Crippen LogP contribution in [0.25, 0.3) is 0 Å². The highest BCUT2D eigenvalue weighted by molar-refractivity contribution is 5.69. The molecule has 0 aliphatic heterocycles. The first-order chi connectivity index (χ1) is 10.8. The molecule has 0 aliphatic carbocycles. The number of carbonyl (C=O) groups excluding carboxylic acids is 1. The Morgan fingerprint density at radius 3 is 2.57 bits per heavy atom. The Morgan fingerprint density at radius 2 is 2.04 bits per heavy atom. The lowest BCUT2D eigenvalue weighted by molar-refractivity contribution is 0.00946. The molecule has 0 heterocycles. The second-order valence-corrected chi connectivity index (χ2v) is 6.47. The standard InChI is InChI=1S/C18H30N2O3/c1-7-16(14-9-8-10-15(13-14)19-5)20(11-12-22-6)17(21)23-18(2,3)4/h8-10,13,16,19H,7,11-12H2,1-6H3. The number of carbonyl (C=O) groups is 1. The van der Waals surface area contributed by atoms with Gasteiger partial charge in [-0.25, -0.2) is 4.79 Å². The van der Waals surface area contributed by atoms with Gasteiger partial charge in [-0.3, -0.25) is 4.90 Å². The zero-order valence-electron chi connectivity index (χ0n) is 15.2. The molecular weight excluding hydrogens is 292 g/mol. The number of hydrogen-bond acceptors (Lipinski definition) is 4. The Balaban J connectivity index is 3.07. The summed E-state index contributed by atoms with van der Waals surface area (Å²) >= 11 is 0. The number of rotatable bonds is 7. The van der Waals surface area contributed by atoms with Crippen molar-refractivity contribution in [2.24, 2.45) is 0 Å². The first-order valence-corrected chi connectivity index (χ1v) is 8.08. The summed E-state index contributed by atoms with van der Waals surface area (Å²) in [7, 11) is 3.52. The summed E-state index contributed by atoms with van der Waals surface area (Å²) in [6.45, 7) is 8.67. The molecule has 1 rings (SSSR count). The minimum Gasteiger partial charge on any atom is -0.444 e. The van der Waals surface area contributed by atoms with Crippen molar-refractivity contribution in [1.82, 2.24) is 4.90 Å². The topological polar surface area (TPSA) is 50.8 Å². The minimum absolute atomic E-state index is 0.0479. The average molecular weight is 322 g/mol. The quantitative estimate of drug-likeness (QED) is 0.822. The van der Waals surface area contributed by atoms with Gasteiger partial charge in [-0.15, -0.1) is 0 Å². The van der Waals surface area contributed by atoms with Crippen LogP contribution in [0.4, 0.5) is 10.5 Å². The van der Waals surface area contributed by atoms with Crippen molar-refractivity contribution in [3.8, 4) is 0 Å². The van der Waals surface area contributed by atoms with E-state index in [1.807, 2.05) is 46.0 Å². The third-order valence-electron chi connectivity index (χ3n) is 3.49. The molecule has 1 atom stereocenters. The van der Waals surface area contributed by atoms with Crippen LogP contribution in [0.2, 0.25) is 0 Å². The highest BCUT2D eigenvalue weighted by Gasteiger charge is 2.28. The van der Waals surface area contributed by atoms with E-state index in [2.05, 4.69) is 18.3 Å². The van der Waals surface area contributed by atoms with Gasteiger partial charge in [0.2, 0.25) is 0 Å². The van der Waals surface area contributed by atoms with E-state index in [0.29, 0.717) is 13.2 Å². The Labute approximate surface area is 140 Å². The lowest BCUT2D eigenvalue weighted by Crippen LogP contribution is -2.41. The van der Waals surface area contributed by atoms with E-state index in [-0.39, 0.29) is 12.1 Å². The predicted octanol–water partition coefficient (Wildman–Crippen LogP) is 4.06. The molecule has 0 bridgehead atoms. The molecule has 1 amide bonds. The van der Waals surface area contributed by atoms with Gasteiger partial charge in [-0.05, 0) is 44.9 Å². The molecule has 0 aromatic heterocycles. The van der Waals surface area contributed by atoms with Crippen LogP contribution in [0.3, 0.4) is 0 Å². The van der Waals surface area contributed by atoms with Crippen LogP contribution in [0.1, 0.15) is 45.7 Å². The van der Waals surface area contributed by atoms with Gasteiger partial charge in [0.1, 0.15) is 5.60 Å². The van der Waals surface area contributed by atoms with Crippen molar-refractivity contribution in [3.63, 3.8) is 0 Å². The maximum atomic E-state index is 12.6. The van der Waals surface area contributed by atoms with Gasteiger partial charge >= 0.3 is 6.09 Å². The fourth-order valence-electron chi connectivity index (χ4n) is 2.42. The van der Waals surface area contributed by atoms with Crippen LogP contribution in [0.15, 0.2) is 24.3 Å². The molecule has 0 saturated heterocycles. The maximum Gasteiger partial charge on any atom is 0.410 e. The summed E-state index contributed by atoms with van der Waals surface area (Å²) in [6.07, 6.45) is 0.493. The highest BCUT2D eigenvalue weighted by Crippen LogP contribution is 2.27. The number of amides is 1. The maximum absolute atomic E-state index is 12.6. The summed E-state index contributed by atoms with van der Waals surface area (Å²) in [6, 6.07) is 8.06. The van der Waals surface area contributed by atoms with Crippen molar-refractivity contribution in [2.75, 3.05) is 32.6 Å². The summed E-state index contributed by atoms with van der Waals surface area (Å²) in [4.78, 5) is 14.4. The van der Waals surface area contributed by atoms with Crippen molar-refractivity contribution < 1.29 is 14.3 Å². The third-order valence-corrected chi connectivity index (χ3v) is 3.49. The van der Waals surface area contributed by atoms with E-state index in [1.165, 1.54) is 0 Å². The molecule has 1 unspecified atom stereocenters. The van der Waals surface area contributed by atoms with Crippen molar-refractivity contribution in [3.05, 3.63) is 29.8 Å². The molecule has 130 valence electrons. The zero-order valence-corrected chi connectivity index (χ0v) is 15.2. The molecule has 5 nitrogen and oxygen atoms in total. The highest BCUT2D eigenvalue weighted by atomic mass is 16.6. The van der Waals surface area contributed by atoms with Gasteiger partial charge in [0.25, 0.3) is 0 Å². The average Bonchev–Trinajstić information content (AvgIpc) is 2.49. The van der Waals surface area contributed by atoms with Crippen LogP contribution < -0.4 is 5.32 Å². The third kappa shape index (κ3) is 6.10. The number of benzene rings is 1. The Kier molecular flexibility index (Phi) is 7.36. The Hall–Kier alpha value is -1.75. The number of anilines is 1. The molecule has 1 N–H and O–H groups in total. The fraction of sp³-hybridized carbons (Fsp3) is 0.611. The predicted molar refractivity (Wildman–Crippen MR) is 93.8 cm³/mol. The van der Waals surface area contributed by atoms with Crippen molar-refractivity contribution in [1.29, 1.82) is 0 Å². The molecule has 0 radical (unpaired) electrons. The first kappa shape index (κ1) is 19.3. The molecule has 0 aliphatic rings. The second kappa shape index (κ2) is 8.77. The van der Waals surface area contributed by atoms with E-state index >= 15 is 0 Å². The summed E-state index contributed by atoms with van der Waals surface area (Å²) in [5.74, 6) is 0. The van der Waals surface area contributed by atoms with Gasteiger partial charge in [0, 0.05) is 26.4 Å². The molecule has 0 spiro atoms. The smallest absolute Gasteiger partial charge is 0.410 e. The second-order valence-electron chi connectivity index (χ2n) is 6.47. The zero-order chi connectivity index (χ0) is 17.5. The fourth-order valence-corrected chi connectivity index (χ4v) is 2.42. The van der Waals surface area contributed by atoms with E-state index in [9.17, 15) is 4.79 Å². The largest absolute Gasteiger partial charge is 0.444 e. The SMILES string of the molecule is CCC(c1cccc(NC)c1)N(CCOC)C(=O)OC(C)(C)C. The van der Waals surface area contributed by atoms with E-state index in [0.717, 1.165) is 17.7 Å². The normalized spacial score (nSPS) is 12.6. The van der Waals surface area contributed by atoms with Gasteiger partial charge in [-0.1, -0.05) is 19.1 Å². The molecule has 1 aromatic carbocycles. The summed E-state index contributed by atoms with van der Waals surface area (Å²) in [5.41, 5.74) is 1.59. The minimum atomic E-state index is -0.520. The number of nitrogens with zero attached hydrogens (tertiary/aromatic N) is 1. The van der Waals surface area contributed by atoms with Crippen LogP contribution in [-0.2, 0) is 9.47 Å².